The fourth-order valence-corrected chi connectivity index (χ4v) is 3.16. The molecule has 3 rings (SSSR count). The summed E-state index contributed by atoms with van der Waals surface area (Å²) < 4.78 is 7.12. The van der Waals surface area contributed by atoms with Crippen molar-refractivity contribution < 1.29 is 9.53 Å². The number of hydrogen-bond acceptors (Lipinski definition) is 5. The molecule has 2 aromatic heterocycles. The second kappa shape index (κ2) is 8.17. The van der Waals surface area contributed by atoms with Crippen LogP contribution in [0, 0.1) is 0 Å². The van der Waals surface area contributed by atoms with Crippen LogP contribution < -0.4 is 5.56 Å². The van der Waals surface area contributed by atoms with Crippen molar-refractivity contribution in [2.75, 3.05) is 7.05 Å². The van der Waals surface area contributed by atoms with E-state index in [9.17, 15) is 9.59 Å². The van der Waals surface area contributed by atoms with Gasteiger partial charge in [-0.15, -0.1) is 0 Å². The number of nitrogens with zero attached hydrogens (tertiary/aromatic N) is 4. The Bertz CT molecular complexity index is 1130. The van der Waals surface area contributed by atoms with Crippen LogP contribution in [0.2, 0.25) is 0 Å². The number of imidazole rings is 1. The van der Waals surface area contributed by atoms with E-state index in [-0.39, 0.29) is 17.5 Å². The van der Waals surface area contributed by atoms with E-state index in [1.54, 1.807) is 38.7 Å². The molecule has 31 heavy (non-hydrogen) atoms. The Balaban J connectivity index is 1.80. The van der Waals surface area contributed by atoms with Gasteiger partial charge in [0.1, 0.15) is 11.4 Å². The van der Waals surface area contributed by atoms with Crippen LogP contribution in [0.1, 0.15) is 58.5 Å². The number of nitrogens with one attached hydrogen (secondary N) is 1. The predicted octanol–water partition coefficient (Wildman–Crippen LogP) is 3.83. The van der Waals surface area contributed by atoms with Gasteiger partial charge in [-0.2, -0.15) is 0 Å². The average molecular weight is 426 g/mol. The van der Waals surface area contributed by atoms with Crippen LogP contribution in [0.25, 0.3) is 11.2 Å². The number of carbonyl (C=O) groups is 1. The number of fused-ring (bicyclic) bond motifs is 1. The molecule has 8 heteroatoms. The van der Waals surface area contributed by atoms with Gasteiger partial charge in [-0.25, -0.2) is 14.8 Å². The van der Waals surface area contributed by atoms with E-state index in [2.05, 4.69) is 60.0 Å². The maximum absolute atomic E-state index is 12.7. The highest BCUT2D eigenvalue weighted by Gasteiger charge is 2.21. The zero-order chi connectivity index (χ0) is 23.0. The van der Waals surface area contributed by atoms with E-state index in [1.165, 1.54) is 10.5 Å². The molecule has 0 aliphatic carbocycles. The Hall–Kier alpha value is -3.16. The molecule has 0 aliphatic rings. The highest BCUT2D eigenvalue weighted by atomic mass is 16.6. The maximum atomic E-state index is 12.7. The van der Waals surface area contributed by atoms with E-state index in [0.29, 0.717) is 23.5 Å². The SMILES string of the molecule is CN(Cc1nc2ncn(Cc3ccc(C(C)(C)C)cc3)c2c(=O)[nH]1)C(=O)OC(C)(C)C. The summed E-state index contributed by atoms with van der Waals surface area (Å²) in [7, 11) is 1.60. The number of ether oxygens (including phenoxy) is 1. The molecule has 166 valence electrons. The molecule has 0 unspecified atom stereocenters. The van der Waals surface area contributed by atoms with Gasteiger partial charge in [0.15, 0.2) is 11.2 Å². The van der Waals surface area contributed by atoms with Crippen LogP contribution in [0.5, 0.6) is 0 Å². The lowest BCUT2D eigenvalue weighted by atomic mass is 9.87. The Morgan fingerprint density at radius 3 is 2.35 bits per heavy atom. The molecule has 1 N–H and O–H groups in total. The summed E-state index contributed by atoms with van der Waals surface area (Å²) in [6, 6.07) is 8.36. The Morgan fingerprint density at radius 1 is 1.13 bits per heavy atom. The minimum absolute atomic E-state index is 0.0875. The van der Waals surface area contributed by atoms with Crippen LogP contribution in [0.15, 0.2) is 35.4 Å². The molecular weight excluding hydrogens is 394 g/mol. The number of aromatic nitrogens is 4. The van der Waals surface area contributed by atoms with Gasteiger partial charge in [-0.1, -0.05) is 45.0 Å². The predicted molar refractivity (Wildman–Crippen MR) is 120 cm³/mol. The largest absolute Gasteiger partial charge is 0.444 e. The summed E-state index contributed by atoms with van der Waals surface area (Å²) in [5, 5.41) is 0. The Morgan fingerprint density at radius 2 is 1.77 bits per heavy atom. The lowest BCUT2D eigenvalue weighted by Gasteiger charge is -2.24. The molecule has 0 bridgehead atoms. The number of hydrogen-bond donors (Lipinski definition) is 1. The quantitative estimate of drug-likeness (QED) is 0.686. The van der Waals surface area contributed by atoms with Gasteiger partial charge in [0.2, 0.25) is 0 Å². The van der Waals surface area contributed by atoms with Crippen LogP contribution in [-0.4, -0.2) is 43.2 Å². The third-order valence-corrected chi connectivity index (χ3v) is 4.80. The van der Waals surface area contributed by atoms with Crippen LogP contribution >= 0.6 is 0 Å². The van der Waals surface area contributed by atoms with Crippen molar-refractivity contribution in [1.82, 2.24) is 24.4 Å². The fourth-order valence-electron chi connectivity index (χ4n) is 3.16. The topological polar surface area (TPSA) is 93.1 Å². The molecule has 1 amide bonds. The molecule has 1 aromatic carbocycles. The van der Waals surface area contributed by atoms with Gasteiger partial charge in [0.25, 0.3) is 5.56 Å². The summed E-state index contributed by atoms with van der Waals surface area (Å²) >= 11 is 0. The van der Waals surface area contributed by atoms with Gasteiger partial charge in [0.05, 0.1) is 12.9 Å². The van der Waals surface area contributed by atoms with Gasteiger partial charge >= 0.3 is 6.09 Å². The normalized spacial score (nSPS) is 12.2. The van der Waals surface area contributed by atoms with Crippen molar-refractivity contribution in [2.24, 2.45) is 0 Å². The van der Waals surface area contributed by atoms with Crippen LogP contribution in [0.3, 0.4) is 0 Å². The van der Waals surface area contributed by atoms with Gasteiger partial charge < -0.3 is 19.2 Å². The van der Waals surface area contributed by atoms with E-state index in [0.717, 1.165) is 5.56 Å². The molecule has 0 radical (unpaired) electrons. The molecule has 2 heterocycles. The van der Waals surface area contributed by atoms with Crippen molar-refractivity contribution in [3.63, 3.8) is 0 Å². The lowest BCUT2D eigenvalue weighted by molar-refractivity contribution is 0.0281. The highest BCUT2D eigenvalue weighted by molar-refractivity contribution is 5.70. The first kappa shape index (κ1) is 22.5. The molecule has 0 atom stereocenters. The monoisotopic (exact) mass is 425 g/mol. The summed E-state index contributed by atoms with van der Waals surface area (Å²) in [5.74, 6) is 0.352. The highest BCUT2D eigenvalue weighted by Crippen LogP contribution is 2.22. The number of amides is 1. The number of aromatic amines is 1. The number of H-pyrrole nitrogens is 1. The van der Waals surface area contributed by atoms with Crippen LogP contribution in [0.4, 0.5) is 4.79 Å². The molecule has 8 nitrogen and oxygen atoms in total. The molecule has 0 spiro atoms. The number of carbonyl (C=O) groups excluding carboxylic acids is 1. The van der Waals surface area contributed by atoms with E-state index in [4.69, 9.17) is 4.74 Å². The molecular formula is C23H31N5O3. The fraction of sp³-hybridized carbons (Fsp3) is 0.478. The van der Waals surface area contributed by atoms with Gasteiger partial charge in [-0.05, 0) is 37.3 Å². The first-order valence-corrected chi connectivity index (χ1v) is 10.3. The number of benzene rings is 1. The maximum Gasteiger partial charge on any atom is 0.410 e. The average Bonchev–Trinajstić information content (AvgIpc) is 3.03. The smallest absolute Gasteiger partial charge is 0.410 e. The first-order chi connectivity index (χ1) is 14.3. The first-order valence-electron chi connectivity index (χ1n) is 10.3. The summed E-state index contributed by atoms with van der Waals surface area (Å²) in [6.07, 6.45) is 1.13. The van der Waals surface area contributed by atoms with Crippen molar-refractivity contribution in [3.05, 3.63) is 57.9 Å². The van der Waals surface area contributed by atoms with Crippen molar-refractivity contribution in [2.45, 2.75) is 65.6 Å². The summed E-state index contributed by atoms with van der Waals surface area (Å²) in [6.45, 7) is 12.6. The molecule has 3 aromatic rings. The summed E-state index contributed by atoms with van der Waals surface area (Å²) in [5.41, 5.74) is 2.28. The Kier molecular flexibility index (Phi) is 5.93. The standard InChI is InChI=1S/C23H31N5O3/c1-22(2,3)16-10-8-15(9-11-16)12-28-14-24-19-18(28)20(29)26-17(25-19)13-27(7)21(30)31-23(4,5)6/h8-11,14H,12-13H2,1-7H3,(H,25,26,29). The second-order valence-corrected chi connectivity index (χ2v) is 9.84. The van der Waals surface area contributed by atoms with E-state index in [1.807, 2.05) is 0 Å². The van der Waals surface area contributed by atoms with Crippen molar-refractivity contribution in [3.8, 4) is 0 Å². The zero-order valence-corrected chi connectivity index (χ0v) is 19.3. The third kappa shape index (κ3) is 5.51. The Labute approximate surface area is 182 Å². The number of rotatable bonds is 4. The zero-order valence-electron chi connectivity index (χ0n) is 19.3. The minimum atomic E-state index is -0.597. The van der Waals surface area contributed by atoms with E-state index < -0.39 is 11.7 Å². The molecule has 0 aliphatic heterocycles. The van der Waals surface area contributed by atoms with Gasteiger partial charge in [0, 0.05) is 13.6 Å². The second-order valence-electron chi connectivity index (χ2n) is 9.84. The van der Waals surface area contributed by atoms with Gasteiger partial charge in [-0.3, -0.25) is 4.79 Å². The van der Waals surface area contributed by atoms with Crippen LogP contribution in [-0.2, 0) is 23.2 Å². The van der Waals surface area contributed by atoms with Crippen molar-refractivity contribution in [1.29, 1.82) is 0 Å². The molecule has 0 saturated carbocycles. The minimum Gasteiger partial charge on any atom is -0.444 e. The van der Waals surface area contributed by atoms with E-state index >= 15 is 0 Å². The summed E-state index contributed by atoms with van der Waals surface area (Å²) in [4.78, 5) is 37.8. The molecule has 0 saturated heterocycles. The third-order valence-electron chi connectivity index (χ3n) is 4.80. The lowest BCUT2D eigenvalue weighted by Crippen LogP contribution is -2.34. The van der Waals surface area contributed by atoms with Crippen molar-refractivity contribution >= 4 is 17.3 Å². The molecule has 0 fully saturated rings.